The maximum atomic E-state index is 14.3. The second-order valence-corrected chi connectivity index (χ2v) is 21.6. The molecule has 3 fully saturated rings. The predicted octanol–water partition coefficient (Wildman–Crippen LogP) is 5.69. The lowest BCUT2D eigenvalue weighted by molar-refractivity contribution is -0.144. The van der Waals surface area contributed by atoms with Gasteiger partial charge < -0.3 is 44.8 Å². The number of hydrogen-bond donors (Lipinski definition) is 3. The molecule has 18 nitrogen and oxygen atoms in total. The number of imidazole rings is 1. The van der Waals surface area contributed by atoms with Crippen molar-refractivity contribution in [3.8, 4) is 21.8 Å². The monoisotopic (exact) mass is 1050 g/mol. The number of rotatable bonds is 19. The van der Waals surface area contributed by atoms with Crippen LogP contribution in [0.3, 0.4) is 0 Å². The Kier molecular flexibility index (Phi) is 17.0. The van der Waals surface area contributed by atoms with Crippen LogP contribution in [0.25, 0.3) is 27.5 Å². The summed E-state index contributed by atoms with van der Waals surface area (Å²) in [4.78, 5) is 76.5. The van der Waals surface area contributed by atoms with Crippen molar-refractivity contribution in [3.63, 3.8) is 0 Å². The van der Waals surface area contributed by atoms with E-state index in [9.17, 15) is 28.7 Å². The summed E-state index contributed by atoms with van der Waals surface area (Å²) < 4.78 is 27.5. The van der Waals surface area contributed by atoms with E-state index in [1.807, 2.05) is 109 Å². The van der Waals surface area contributed by atoms with Crippen molar-refractivity contribution in [2.24, 2.45) is 5.41 Å². The molecule has 5 aromatic rings. The van der Waals surface area contributed by atoms with Crippen LogP contribution in [-0.4, -0.2) is 159 Å². The first kappa shape index (κ1) is 53.2. The third-order valence-corrected chi connectivity index (χ3v) is 15.3. The Hall–Kier alpha value is -6.61. The van der Waals surface area contributed by atoms with Gasteiger partial charge >= 0.3 is 0 Å². The van der Waals surface area contributed by atoms with Crippen LogP contribution < -0.4 is 20.4 Å². The number of ether oxygens (including phenoxy) is 2. The number of carbonyl (C=O) groups is 4. The number of anilines is 2. The lowest BCUT2D eigenvalue weighted by atomic mass is 9.85. The third kappa shape index (κ3) is 12.9. The number of pyridine rings is 1. The van der Waals surface area contributed by atoms with Gasteiger partial charge in [0.2, 0.25) is 23.6 Å². The smallest absolute Gasteiger partial charge is 0.246 e. The number of benzene rings is 1. The summed E-state index contributed by atoms with van der Waals surface area (Å²) in [5.41, 5.74) is 7.33. The van der Waals surface area contributed by atoms with Crippen LogP contribution in [0.5, 0.6) is 0 Å². The molecule has 0 bridgehead atoms. The molecule has 398 valence electrons. The highest BCUT2D eigenvalue weighted by Crippen LogP contribution is 2.34. The minimum atomic E-state index is -0.956. The SMILES string of the molecule is Cc1ncsc1-c1ccc(CNC(=O)C2CC(O)CN2C(=O)[C@@H](NC(=O)CCOCCOCCC(=O)N2CCN(c3cccc(-c4cnc5ccc(N6CCC[C@@H]6C6=CC=CC(F)C6)nn45)n3)CC2)C(C)(C)C)cc1. The second-order valence-electron chi connectivity index (χ2n) is 20.7. The number of nitrogens with one attached hydrogen (secondary N) is 2. The highest BCUT2D eigenvalue weighted by Gasteiger charge is 2.44. The number of nitrogens with zero attached hydrogens (tertiary/aromatic N) is 9. The van der Waals surface area contributed by atoms with E-state index in [1.165, 1.54) is 4.90 Å². The number of hydrogen-bond acceptors (Lipinski definition) is 14. The molecule has 4 aromatic heterocycles. The van der Waals surface area contributed by atoms with Crippen LogP contribution >= 0.6 is 11.3 Å². The molecule has 5 atom stereocenters. The Bertz CT molecular complexity index is 2880. The van der Waals surface area contributed by atoms with Crippen molar-refractivity contribution < 1.29 is 38.1 Å². The fourth-order valence-corrected chi connectivity index (χ4v) is 11.1. The second kappa shape index (κ2) is 23.9. The highest BCUT2D eigenvalue weighted by atomic mass is 32.1. The van der Waals surface area contributed by atoms with Crippen molar-refractivity contribution in [2.45, 2.75) is 103 Å². The summed E-state index contributed by atoms with van der Waals surface area (Å²) >= 11 is 1.57. The van der Waals surface area contributed by atoms with Crippen LogP contribution in [0, 0.1) is 12.3 Å². The van der Waals surface area contributed by atoms with E-state index in [0.717, 1.165) is 69.7 Å². The Morgan fingerprint density at radius 3 is 2.43 bits per heavy atom. The Morgan fingerprint density at radius 1 is 0.920 bits per heavy atom. The van der Waals surface area contributed by atoms with E-state index in [-0.39, 0.29) is 82.5 Å². The zero-order valence-corrected chi connectivity index (χ0v) is 44.0. The van der Waals surface area contributed by atoms with Crippen molar-refractivity contribution in [1.29, 1.82) is 0 Å². The lowest BCUT2D eigenvalue weighted by Gasteiger charge is -2.35. The molecular weight excluding hydrogens is 978 g/mol. The molecule has 3 N–H and O–H groups in total. The summed E-state index contributed by atoms with van der Waals surface area (Å²) in [6.45, 7) is 11.7. The molecule has 9 rings (SSSR count). The number of likely N-dealkylation sites (tertiary alicyclic amines) is 1. The van der Waals surface area contributed by atoms with Gasteiger partial charge in [-0.3, -0.25) is 19.2 Å². The lowest BCUT2D eigenvalue weighted by Crippen LogP contribution is -2.57. The number of halogens is 1. The van der Waals surface area contributed by atoms with Crippen molar-refractivity contribution in [3.05, 3.63) is 101 Å². The number of fused-ring (bicyclic) bond motifs is 1. The van der Waals surface area contributed by atoms with Crippen LogP contribution in [0.4, 0.5) is 16.0 Å². The third-order valence-electron chi connectivity index (χ3n) is 14.4. The van der Waals surface area contributed by atoms with Crippen molar-refractivity contribution in [1.82, 2.24) is 45.0 Å². The van der Waals surface area contributed by atoms with E-state index >= 15 is 0 Å². The first-order chi connectivity index (χ1) is 36.2. The number of thiazole rings is 1. The summed E-state index contributed by atoms with van der Waals surface area (Å²) in [6, 6.07) is 16.0. The van der Waals surface area contributed by atoms with Gasteiger partial charge in [-0.2, -0.15) is 0 Å². The number of amides is 4. The molecule has 0 saturated carbocycles. The molecule has 7 heterocycles. The fraction of sp³-hybridized carbons (Fsp3) is 0.491. The van der Waals surface area contributed by atoms with Gasteiger partial charge in [0.15, 0.2) is 5.65 Å². The first-order valence-corrected chi connectivity index (χ1v) is 26.9. The number of β-amino-alcohol motifs (C(OH)–C–C–N with tert-alkyl or cyclic N) is 1. The highest BCUT2D eigenvalue weighted by molar-refractivity contribution is 7.13. The topological polar surface area (TPSA) is 200 Å². The maximum Gasteiger partial charge on any atom is 0.246 e. The largest absolute Gasteiger partial charge is 0.391 e. The number of piperazine rings is 1. The molecule has 0 spiro atoms. The van der Waals surface area contributed by atoms with Gasteiger partial charge in [0, 0.05) is 65.1 Å². The normalized spacial score (nSPS) is 20.4. The summed E-state index contributed by atoms with van der Waals surface area (Å²) in [6.07, 6.45) is 8.13. The maximum absolute atomic E-state index is 14.3. The van der Waals surface area contributed by atoms with Gasteiger partial charge in [0.05, 0.1) is 73.0 Å². The summed E-state index contributed by atoms with van der Waals surface area (Å²) in [5.74, 6) is 0.446. The van der Waals surface area contributed by atoms with E-state index < -0.39 is 35.7 Å². The number of aromatic nitrogens is 5. The zero-order valence-electron chi connectivity index (χ0n) is 43.2. The molecular formula is C55H68FN11O7S. The molecule has 0 radical (unpaired) electrons. The first-order valence-electron chi connectivity index (χ1n) is 26.0. The molecule has 1 aromatic carbocycles. The van der Waals surface area contributed by atoms with Gasteiger partial charge in [-0.15, -0.1) is 16.4 Å². The summed E-state index contributed by atoms with van der Waals surface area (Å²) in [7, 11) is 0. The van der Waals surface area contributed by atoms with E-state index in [0.29, 0.717) is 38.2 Å². The number of aryl methyl sites for hydroxylation is 1. The predicted molar refractivity (Wildman–Crippen MR) is 285 cm³/mol. The molecule has 4 aliphatic rings. The average Bonchev–Trinajstić information content (AvgIpc) is 4.25. The van der Waals surface area contributed by atoms with Crippen molar-refractivity contribution >= 4 is 52.2 Å². The number of alkyl halides is 1. The number of aliphatic hydroxyl groups excluding tert-OH is 1. The van der Waals surface area contributed by atoms with Crippen LogP contribution in [0.2, 0.25) is 0 Å². The van der Waals surface area contributed by atoms with Gasteiger partial charge in [-0.25, -0.2) is 23.9 Å². The van der Waals surface area contributed by atoms with Gasteiger partial charge in [0.25, 0.3) is 0 Å². The van der Waals surface area contributed by atoms with E-state index in [4.69, 9.17) is 19.6 Å². The van der Waals surface area contributed by atoms with E-state index in [1.54, 1.807) is 23.6 Å². The van der Waals surface area contributed by atoms with Gasteiger partial charge in [-0.05, 0) is 66.1 Å². The minimum absolute atomic E-state index is 0.00227. The average molecular weight is 1050 g/mol. The fourth-order valence-electron chi connectivity index (χ4n) is 10.3. The molecule has 75 heavy (non-hydrogen) atoms. The number of allylic oxidation sites excluding steroid dienone is 3. The zero-order chi connectivity index (χ0) is 52.6. The standard InChI is InChI=1S/C55H68FN11O7S/c1-36-51(75-35-59-36)38-15-13-37(14-16-38)32-58-53(71)44-31-41(68)34-66(44)54(72)52(55(2,3)4)61-49(69)19-26-73-28-29-74-27-20-50(70)64-24-22-63(23-25-64)47-12-6-10-42(60-47)45-33-57-46-17-18-48(62-67(45)46)65-21-7-11-43(65)39-8-5-9-40(56)30-39/h5-6,8-10,12-18,33,35,40-41,43-44,52,68H,7,11,19-32,34H2,1-4H3,(H,58,71)(H,61,69)/t40?,41?,43-,44?,52-/m1/s1. The molecule has 4 amide bonds. The Balaban J connectivity index is 0.671. The summed E-state index contributed by atoms with van der Waals surface area (Å²) in [5, 5.41) is 21.4. The Labute approximate surface area is 441 Å². The molecule has 1 aliphatic carbocycles. The van der Waals surface area contributed by atoms with Crippen LogP contribution in [0.15, 0.2) is 90.1 Å². The minimum Gasteiger partial charge on any atom is -0.391 e. The molecule has 20 heteroatoms. The number of carbonyl (C=O) groups excluding carboxylic acids is 4. The van der Waals surface area contributed by atoms with Crippen LogP contribution in [-0.2, 0) is 35.2 Å². The molecule has 3 aliphatic heterocycles. The van der Waals surface area contributed by atoms with Crippen LogP contribution in [0.1, 0.15) is 70.6 Å². The van der Waals surface area contributed by atoms with Gasteiger partial charge in [0.1, 0.15) is 35.6 Å². The van der Waals surface area contributed by atoms with Crippen molar-refractivity contribution in [2.75, 3.05) is 75.5 Å². The molecule has 3 unspecified atom stereocenters. The quantitative estimate of drug-likeness (QED) is 0.0854. The van der Waals surface area contributed by atoms with Gasteiger partial charge in [-0.1, -0.05) is 69.3 Å². The Morgan fingerprint density at radius 2 is 1.69 bits per heavy atom. The van der Waals surface area contributed by atoms with E-state index in [2.05, 4.69) is 30.4 Å². The number of aliphatic hydroxyl groups is 1. The molecule has 3 saturated heterocycles.